The highest BCUT2D eigenvalue weighted by Crippen LogP contribution is 2.34. The summed E-state index contributed by atoms with van der Waals surface area (Å²) in [6.07, 6.45) is 0.804. The molecule has 0 heterocycles. The highest BCUT2D eigenvalue weighted by Gasteiger charge is 2.13. The zero-order valence-electron chi connectivity index (χ0n) is 13.3. The largest absolute Gasteiger partial charge is 0.126 e. The zero-order valence-corrected chi connectivity index (χ0v) is 14.8. The minimum atomic E-state index is 0.578. The van der Waals surface area contributed by atoms with Gasteiger partial charge in [0.1, 0.15) is 0 Å². The van der Waals surface area contributed by atoms with Gasteiger partial charge in [-0.05, 0) is 46.4 Å². The summed E-state index contributed by atoms with van der Waals surface area (Å²) in [4.78, 5) is 0. The van der Waals surface area contributed by atoms with Gasteiger partial charge in [-0.3, -0.25) is 0 Å². The molecule has 0 bridgehead atoms. The van der Waals surface area contributed by atoms with E-state index in [2.05, 4.69) is 60.7 Å². The molecule has 24 heavy (non-hydrogen) atoms. The van der Waals surface area contributed by atoms with Crippen molar-refractivity contribution in [2.75, 3.05) is 5.88 Å². The molecule has 0 aliphatic rings. The first kappa shape index (κ1) is 16.8. The first-order valence-corrected chi connectivity index (χ1v) is 8.87. The molecule has 0 unspecified atom stereocenters. The van der Waals surface area contributed by atoms with Crippen molar-refractivity contribution in [2.45, 2.75) is 6.42 Å². The summed E-state index contributed by atoms with van der Waals surface area (Å²) in [5.41, 5.74) is 5.99. The molecule has 0 fully saturated rings. The first-order chi connectivity index (χ1) is 11.8. The Morgan fingerprint density at radius 1 is 0.625 bits per heavy atom. The fourth-order valence-electron chi connectivity index (χ4n) is 2.88. The Morgan fingerprint density at radius 2 is 1.12 bits per heavy atom. The van der Waals surface area contributed by atoms with Crippen LogP contribution in [0.25, 0.3) is 11.1 Å². The normalized spacial score (nSPS) is 11.9. The van der Waals surface area contributed by atoms with Gasteiger partial charge in [-0.1, -0.05) is 84.4 Å². The summed E-state index contributed by atoms with van der Waals surface area (Å²) in [6, 6.07) is 28.9. The maximum Gasteiger partial charge on any atom is 0.0406 e. The van der Waals surface area contributed by atoms with E-state index >= 15 is 0 Å². The van der Waals surface area contributed by atoms with Gasteiger partial charge >= 0.3 is 0 Å². The van der Waals surface area contributed by atoms with Crippen molar-refractivity contribution in [1.29, 1.82) is 0 Å². The van der Waals surface area contributed by atoms with Gasteiger partial charge in [-0.15, -0.1) is 11.6 Å². The second-order valence-electron chi connectivity index (χ2n) is 5.53. The average molecular weight is 353 g/mol. The van der Waals surface area contributed by atoms with E-state index in [1.807, 2.05) is 24.3 Å². The fraction of sp³-hybridized carbons (Fsp3) is 0.0909. The first-order valence-electron chi connectivity index (χ1n) is 7.95. The van der Waals surface area contributed by atoms with Crippen LogP contribution in [-0.2, 0) is 0 Å². The smallest absolute Gasteiger partial charge is 0.0406 e. The molecule has 0 aliphatic heterocycles. The molecule has 3 aromatic carbocycles. The minimum absolute atomic E-state index is 0.578. The van der Waals surface area contributed by atoms with Crippen LogP contribution in [0, 0.1) is 0 Å². The van der Waals surface area contributed by atoms with Gasteiger partial charge in [-0.25, -0.2) is 0 Å². The number of hydrogen-bond donors (Lipinski definition) is 0. The van der Waals surface area contributed by atoms with E-state index in [9.17, 15) is 0 Å². The van der Waals surface area contributed by atoms with E-state index in [1.165, 1.54) is 22.3 Å². The topological polar surface area (TPSA) is 0 Å². The summed E-state index contributed by atoms with van der Waals surface area (Å²) in [7, 11) is 0. The van der Waals surface area contributed by atoms with Crippen LogP contribution in [-0.4, -0.2) is 5.88 Å². The molecule has 0 nitrogen and oxygen atoms in total. The highest BCUT2D eigenvalue weighted by atomic mass is 35.5. The van der Waals surface area contributed by atoms with Gasteiger partial charge in [-0.2, -0.15) is 0 Å². The van der Waals surface area contributed by atoms with E-state index in [0.717, 1.165) is 17.0 Å². The maximum absolute atomic E-state index is 6.14. The monoisotopic (exact) mass is 352 g/mol. The molecule has 0 spiro atoms. The molecule has 2 heteroatoms. The number of hydrogen-bond acceptors (Lipinski definition) is 0. The van der Waals surface area contributed by atoms with Crippen LogP contribution in [0.15, 0.2) is 84.9 Å². The van der Waals surface area contributed by atoms with Gasteiger partial charge in [0, 0.05) is 10.9 Å². The Labute approximate surface area is 153 Å². The lowest BCUT2D eigenvalue weighted by atomic mass is 9.88. The van der Waals surface area contributed by atoms with Crippen LogP contribution >= 0.6 is 23.2 Å². The number of allylic oxidation sites excluding steroid dienone is 1. The molecule has 0 radical (unpaired) electrons. The summed E-state index contributed by atoms with van der Waals surface area (Å²) in [5.74, 6) is 0.578. The summed E-state index contributed by atoms with van der Waals surface area (Å²) in [5, 5.41) is 0.741. The molecular weight excluding hydrogens is 335 g/mol. The van der Waals surface area contributed by atoms with Crippen molar-refractivity contribution in [3.05, 3.63) is 107 Å². The van der Waals surface area contributed by atoms with Crippen LogP contribution < -0.4 is 0 Å². The lowest BCUT2D eigenvalue weighted by molar-refractivity contribution is 1.25. The summed E-state index contributed by atoms with van der Waals surface area (Å²) < 4.78 is 0. The van der Waals surface area contributed by atoms with Gasteiger partial charge in [0.25, 0.3) is 0 Å². The molecule has 3 rings (SSSR count). The predicted octanol–water partition coefficient (Wildman–Crippen LogP) is 6.93. The van der Waals surface area contributed by atoms with Crippen molar-refractivity contribution in [3.63, 3.8) is 0 Å². The fourth-order valence-corrected chi connectivity index (χ4v) is 3.20. The van der Waals surface area contributed by atoms with Crippen molar-refractivity contribution in [2.24, 2.45) is 0 Å². The van der Waals surface area contributed by atoms with E-state index in [-0.39, 0.29) is 0 Å². The van der Waals surface area contributed by atoms with Crippen LogP contribution in [0.5, 0.6) is 0 Å². The second kappa shape index (κ2) is 8.19. The quantitative estimate of drug-likeness (QED) is 0.345. The highest BCUT2D eigenvalue weighted by molar-refractivity contribution is 6.30. The third-order valence-electron chi connectivity index (χ3n) is 3.96. The summed E-state index contributed by atoms with van der Waals surface area (Å²) >= 11 is 12.2. The van der Waals surface area contributed by atoms with E-state index in [1.54, 1.807) is 0 Å². The predicted molar refractivity (Wildman–Crippen MR) is 106 cm³/mol. The third-order valence-corrected chi connectivity index (χ3v) is 4.40. The van der Waals surface area contributed by atoms with Gasteiger partial charge in [0.05, 0.1) is 0 Å². The van der Waals surface area contributed by atoms with E-state index < -0.39 is 0 Å². The van der Waals surface area contributed by atoms with Crippen LogP contribution in [0.1, 0.15) is 23.1 Å². The second-order valence-corrected chi connectivity index (χ2v) is 6.35. The minimum Gasteiger partial charge on any atom is -0.126 e. The molecule has 0 saturated heterocycles. The molecule has 0 aliphatic carbocycles. The lowest BCUT2D eigenvalue weighted by Crippen LogP contribution is -1.96. The third kappa shape index (κ3) is 3.90. The van der Waals surface area contributed by atoms with E-state index in [0.29, 0.717) is 5.88 Å². The van der Waals surface area contributed by atoms with Crippen molar-refractivity contribution >= 4 is 34.3 Å². The molecule has 120 valence electrons. The number of benzene rings is 3. The lowest BCUT2D eigenvalue weighted by Gasteiger charge is -2.17. The molecule has 0 atom stereocenters. The molecule has 0 saturated carbocycles. The van der Waals surface area contributed by atoms with Crippen molar-refractivity contribution < 1.29 is 0 Å². The Kier molecular flexibility index (Phi) is 5.74. The van der Waals surface area contributed by atoms with Crippen LogP contribution in [0.3, 0.4) is 0 Å². The SMILES string of the molecule is ClCCC(=C(c1ccccc1)c1ccc(Cl)cc1)c1ccccc1. The van der Waals surface area contributed by atoms with E-state index in [4.69, 9.17) is 23.2 Å². The maximum atomic E-state index is 6.14. The number of halogens is 2. The molecule has 0 aromatic heterocycles. The molecule has 3 aromatic rings. The Bertz CT molecular complexity index is 804. The van der Waals surface area contributed by atoms with Crippen molar-refractivity contribution in [1.82, 2.24) is 0 Å². The Hall–Kier alpha value is -2.02. The molecular formula is C22H18Cl2. The molecule has 0 N–H and O–H groups in total. The number of rotatable bonds is 5. The molecule has 0 amide bonds. The average Bonchev–Trinajstić information content (AvgIpc) is 2.64. The Balaban J connectivity index is 2.26. The number of alkyl halides is 1. The van der Waals surface area contributed by atoms with Gasteiger partial charge < -0.3 is 0 Å². The van der Waals surface area contributed by atoms with Gasteiger partial charge in [0.2, 0.25) is 0 Å². The van der Waals surface area contributed by atoms with Gasteiger partial charge in [0.15, 0.2) is 0 Å². The standard InChI is InChI=1S/C22H18Cl2/c23-16-15-21(17-7-3-1-4-8-17)22(18-9-5-2-6-10-18)19-11-13-20(24)14-12-19/h1-14H,15-16H2. The van der Waals surface area contributed by atoms with Crippen LogP contribution in [0.2, 0.25) is 5.02 Å². The van der Waals surface area contributed by atoms with Crippen molar-refractivity contribution in [3.8, 4) is 0 Å². The van der Waals surface area contributed by atoms with Crippen LogP contribution in [0.4, 0.5) is 0 Å². The Morgan fingerprint density at radius 3 is 1.67 bits per heavy atom. The zero-order chi connectivity index (χ0) is 16.8. The summed E-state index contributed by atoms with van der Waals surface area (Å²) in [6.45, 7) is 0.